The first-order valence-electron chi connectivity index (χ1n) is 6.45. The van der Waals surface area contributed by atoms with Crippen LogP contribution in [-0.4, -0.2) is 9.97 Å². The molecule has 1 N–H and O–H groups in total. The summed E-state index contributed by atoms with van der Waals surface area (Å²) in [5.74, 6) is 1.26. The number of hydrogen-bond acceptors (Lipinski definition) is 3. The molecule has 19 heavy (non-hydrogen) atoms. The van der Waals surface area contributed by atoms with Crippen LogP contribution in [0.4, 0.5) is 10.2 Å². The van der Waals surface area contributed by atoms with Crippen LogP contribution in [0.5, 0.6) is 0 Å². The molecule has 1 unspecified atom stereocenters. The Hall–Kier alpha value is -1.97. The van der Waals surface area contributed by atoms with Gasteiger partial charge < -0.3 is 5.32 Å². The fraction of sp³-hybridized carbons (Fsp3) is 0.333. The molecule has 3 nitrogen and oxygen atoms in total. The fourth-order valence-corrected chi connectivity index (χ4v) is 2.01. The van der Waals surface area contributed by atoms with Crippen molar-refractivity contribution in [1.82, 2.24) is 9.97 Å². The molecule has 1 aromatic heterocycles. The molecule has 0 amide bonds. The van der Waals surface area contributed by atoms with Gasteiger partial charge in [0.15, 0.2) is 0 Å². The third-order valence-electron chi connectivity index (χ3n) is 2.99. The molecule has 0 saturated heterocycles. The summed E-state index contributed by atoms with van der Waals surface area (Å²) in [6.45, 7) is 5.82. The summed E-state index contributed by atoms with van der Waals surface area (Å²) >= 11 is 0. The van der Waals surface area contributed by atoms with E-state index in [-0.39, 0.29) is 11.9 Å². The van der Waals surface area contributed by atoms with Crippen LogP contribution in [0.3, 0.4) is 0 Å². The lowest BCUT2D eigenvalue weighted by Crippen LogP contribution is -2.11. The number of hydrogen-bond donors (Lipinski definition) is 1. The summed E-state index contributed by atoms with van der Waals surface area (Å²) in [4.78, 5) is 8.66. The van der Waals surface area contributed by atoms with Gasteiger partial charge in [-0.2, -0.15) is 0 Å². The Balaban J connectivity index is 2.21. The first kappa shape index (κ1) is 13.5. The molecular formula is C15H18FN3. The minimum atomic E-state index is -0.205. The van der Waals surface area contributed by atoms with E-state index >= 15 is 0 Å². The number of anilines is 1. The van der Waals surface area contributed by atoms with E-state index in [1.807, 2.05) is 32.9 Å². The molecule has 0 aliphatic heterocycles. The van der Waals surface area contributed by atoms with Crippen molar-refractivity contribution in [2.24, 2.45) is 0 Å². The Labute approximate surface area is 112 Å². The molecule has 0 bridgehead atoms. The molecule has 1 heterocycles. The van der Waals surface area contributed by atoms with Crippen LogP contribution in [-0.2, 0) is 6.42 Å². The Morgan fingerprint density at radius 2 is 2.00 bits per heavy atom. The molecule has 0 fully saturated rings. The quantitative estimate of drug-likeness (QED) is 0.910. The van der Waals surface area contributed by atoms with Crippen LogP contribution in [0, 0.1) is 12.7 Å². The van der Waals surface area contributed by atoms with Crippen molar-refractivity contribution >= 4 is 5.82 Å². The predicted molar refractivity (Wildman–Crippen MR) is 74.6 cm³/mol. The normalized spacial score (nSPS) is 12.2. The molecule has 0 spiro atoms. The predicted octanol–water partition coefficient (Wildman–Crippen LogP) is 3.66. The molecule has 2 rings (SSSR count). The van der Waals surface area contributed by atoms with Gasteiger partial charge in [0, 0.05) is 17.3 Å². The van der Waals surface area contributed by atoms with E-state index < -0.39 is 0 Å². The van der Waals surface area contributed by atoms with Crippen LogP contribution in [0.1, 0.15) is 37.0 Å². The van der Waals surface area contributed by atoms with Crippen LogP contribution in [0.25, 0.3) is 0 Å². The topological polar surface area (TPSA) is 37.8 Å². The number of nitrogens with zero attached hydrogens (tertiary/aromatic N) is 2. The van der Waals surface area contributed by atoms with Gasteiger partial charge in [0.1, 0.15) is 17.5 Å². The van der Waals surface area contributed by atoms with E-state index in [0.717, 1.165) is 23.8 Å². The zero-order chi connectivity index (χ0) is 13.8. The standard InChI is InChI=1S/C15H18FN3/c1-4-12-9-15(19-11(3)18-12)17-10(2)13-7-5-6-8-14(13)16/h5-10H,4H2,1-3H3,(H,17,18,19). The number of benzene rings is 1. The monoisotopic (exact) mass is 259 g/mol. The highest BCUT2D eigenvalue weighted by Gasteiger charge is 2.11. The van der Waals surface area contributed by atoms with E-state index in [9.17, 15) is 4.39 Å². The van der Waals surface area contributed by atoms with E-state index in [2.05, 4.69) is 15.3 Å². The minimum absolute atomic E-state index is 0.139. The summed E-state index contributed by atoms with van der Waals surface area (Å²) in [7, 11) is 0. The minimum Gasteiger partial charge on any atom is -0.363 e. The van der Waals surface area contributed by atoms with E-state index in [1.165, 1.54) is 6.07 Å². The second-order valence-electron chi connectivity index (χ2n) is 4.53. The molecule has 2 aromatic rings. The van der Waals surface area contributed by atoms with E-state index in [4.69, 9.17) is 0 Å². The van der Waals surface area contributed by atoms with Crippen LogP contribution in [0.2, 0.25) is 0 Å². The number of nitrogens with one attached hydrogen (secondary N) is 1. The number of halogens is 1. The van der Waals surface area contributed by atoms with Crippen molar-refractivity contribution in [3.8, 4) is 0 Å². The highest BCUT2D eigenvalue weighted by molar-refractivity contribution is 5.39. The Morgan fingerprint density at radius 3 is 2.68 bits per heavy atom. The van der Waals surface area contributed by atoms with Gasteiger partial charge in [-0.15, -0.1) is 0 Å². The Morgan fingerprint density at radius 1 is 1.26 bits per heavy atom. The summed E-state index contributed by atoms with van der Waals surface area (Å²) in [6.07, 6.45) is 0.853. The maximum Gasteiger partial charge on any atom is 0.130 e. The molecule has 100 valence electrons. The Kier molecular flexibility index (Phi) is 4.10. The van der Waals surface area contributed by atoms with Crippen molar-refractivity contribution in [1.29, 1.82) is 0 Å². The van der Waals surface area contributed by atoms with Gasteiger partial charge in [0.2, 0.25) is 0 Å². The molecule has 4 heteroatoms. The second kappa shape index (κ2) is 5.78. The molecule has 0 aliphatic rings. The molecule has 0 radical (unpaired) electrons. The van der Waals surface area contributed by atoms with Crippen LogP contribution >= 0.6 is 0 Å². The molecule has 0 saturated carbocycles. The lowest BCUT2D eigenvalue weighted by atomic mass is 10.1. The van der Waals surface area contributed by atoms with Gasteiger partial charge in [0.25, 0.3) is 0 Å². The van der Waals surface area contributed by atoms with Crippen LogP contribution in [0.15, 0.2) is 30.3 Å². The smallest absolute Gasteiger partial charge is 0.130 e. The van der Waals surface area contributed by atoms with Gasteiger partial charge in [-0.05, 0) is 26.3 Å². The van der Waals surface area contributed by atoms with Gasteiger partial charge >= 0.3 is 0 Å². The first-order valence-corrected chi connectivity index (χ1v) is 6.45. The lowest BCUT2D eigenvalue weighted by molar-refractivity contribution is 0.600. The summed E-state index contributed by atoms with van der Waals surface area (Å²) in [6, 6.07) is 8.54. The Bertz CT molecular complexity index is 569. The van der Waals surface area contributed by atoms with Gasteiger partial charge in [-0.1, -0.05) is 25.1 Å². The average molecular weight is 259 g/mol. The first-order chi connectivity index (χ1) is 9.10. The maximum absolute atomic E-state index is 13.7. The molecule has 1 aromatic carbocycles. The van der Waals surface area contributed by atoms with Crippen LogP contribution < -0.4 is 5.32 Å². The van der Waals surface area contributed by atoms with Crippen molar-refractivity contribution in [3.05, 3.63) is 53.2 Å². The second-order valence-corrected chi connectivity index (χ2v) is 4.53. The van der Waals surface area contributed by atoms with Crippen molar-refractivity contribution in [2.45, 2.75) is 33.2 Å². The number of rotatable bonds is 4. The van der Waals surface area contributed by atoms with Gasteiger partial charge in [0.05, 0.1) is 6.04 Å². The van der Waals surface area contributed by atoms with Gasteiger partial charge in [-0.25, -0.2) is 14.4 Å². The van der Waals surface area contributed by atoms with Crippen molar-refractivity contribution in [2.75, 3.05) is 5.32 Å². The summed E-state index contributed by atoms with van der Waals surface area (Å²) in [5, 5.41) is 3.22. The summed E-state index contributed by atoms with van der Waals surface area (Å²) in [5.41, 5.74) is 1.62. The molecule has 1 atom stereocenters. The fourth-order valence-electron chi connectivity index (χ4n) is 2.01. The highest BCUT2D eigenvalue weighted by atomic mass is 19.1. The van der Waals surface area contributed by atoms with Crippen molar-refractivity contribution in [3.63, 3.8) is 0 Å². The zero-order valence-corrected chi connectivity index (χ0v) is 11.4. The van der Waals surface area contributed by atoms with E-state index in [1.54, 1.807) is 12.1 Å². The third-order valence-corrected chi connectivity index (χ3v) is 2.99. The average Bonchev–Trinajstić information content (AvgIpc) is 2.38. The SMILES string of the molecule is CCc1cc(NC(C)c2ccccc2F)nc(C)n1. The number of aromatic nitrogens is 2. The summed E-state index contributed by atoms with van der Waals surface area (Å²) < 4.78 is 13.7. The zero-order valence-electron chi connectivity index (χ0n) is 11.4. The molecular weight excluding hydrogens is 241 g/mol. The lowest BCUT2D eigenvalue weighted by Gasteiger charge is -2.16. The number of aryl methyl sites for hydroxylation is 2. The van der Waals surface area contributed by atoms with Crippen molar-refractivity contribution < 1.29 is 4.39 Å². The third kappa shape index (κ3) is 3.28. The maximum atomic E-state index is 13.7. The molecule has 0 aliphatic carbocycles. The highest BCUT2D eigenvalue weighted by Crippen LogP contribution is 2.20. The van der Waals surface area contributed by atoms with Gasteiger partial charge in [-0.3, -0.25) is 0 Å². The van der Waals surface area contributed by atoms with E-state index in [0.29, 0.717) is 5.56 Å². The largest absolute Gasteiger partial charge is 0.363 e.